The van der Waals surface area contributed by atoms with E-state index in [1.165, 1.54) is 12.1 Å². The molecule has 0 spiro atoms. The molecule has 0 saturated carbocycles. The Hall–Kier alpha value is -1.56. The van der Waals surface area contributed by atoms with Gasteiger partial charge in [-0.3, -0.25) is 0 Å². The molecule has 0 bridgehead atoms. The summed E-state index contributed by atoms with van der Waals surface area (Å²) in [7, 11) is -3.68. The largest absolute Gasteiger partial charge is 0.457 e. The van der Waals surface area contributed by atoms with Crippen LogP contribution in [-0.4, -0.2) is 8.42 Å². The second kappa shape index (κ2) is 5.21. The Morgan fingerprint density at radius 1 is 1.11 bits per heavy atom. The van der Waals surface area contributed by atoms with Crippen molar-refractivity contribution in [1.29, 1.82) is 0 Å². The number of sulfonamides is 1. The highest BCUT2D eigenvalue weighted by atomic mass is 35.5. The Bertz CT molecular complexity index is 696. The lowest BCUT2D eigenvalue weighted by molar-refractivity contribution is 0.478. The summed E-state index contributed by atoms with van der Waals surface area (Å²) < 4.78 is 27.9. The van der Waals surface area contributed by atoms with E-state index in [0.29, 0.717) is 16.5 Å². The summed E-state index contributed by atoms with van der Waals surface area (Å²) in [5.74, 6) is 1.19. The molecule has 2 N–H and O–H groups in total. The second-order valence-electron chi connectivity index (χ2n) is 4.03. The molecule has 0 unspecified atom stereocenters. The van der Waals surface area contributed by atoms with Gasteiger partial charge < -0.3 is 4.74 Å². The fourth-order valence-electron chi connectivity index (χ4n) is 1.55. The number of halogens is 1. The number of ether oxygens (including phenoxy) is 1. The van der Waals surface area contributed by atoms with Crippen LogP contribution in [0.2, 0.25) is 5.02 Å². The molecule has 0 atom stereocenters. The molecule has 0 aliphatic rings. The minimum atomic E-state index is -3.68. The number of primary sulfonamides is 1. The van der Waals surface area contributed by atoms with Crippen LogP contribution in [0.25, 0.3) is 0 Å². The van der Waals surface area contributed by atoms with Crippen LogP contribution in [0.4, 0.5) is 0 Å². The molecule has 0 aliphatic heterocycles. The topological polar surface area (TPSA) is 69.4 Å². The molecule has 0 aromatic heterocycles. The monoisotopic (exact) mass is 297 g/mol. The number of aryl methyl sites for hydroxylation is 1. The van der Waals surface area contributed by atoms with Crippen molar-refractivity contribution < 1.29 is 13.2 Å². The Balaban J connectivity index is 2.25. The summed E-state index contributed by atoms with van der Waals surface area (Å²) in [6.07, 6.45) is 0. The first-order chi connectivity index (χ1) is 8.86. The van der Waals surface area contributed by atoms with Crippen molar-refractivity contribution in [2.45, 2.75) is 11.8 Å². The van der Waals surface area contributed by atoms with Crippen molar-refractivity contribution in [3.8, 4) is 11.5 Å². The summed E-state index contributed by atoms with van der Waals surface area (Å²) in [6, 6.07) is 11.2. The van der Waals surface area contributed by atoms with Crippen molar-refractivity contribution in [1.82, 2.24) is 0 Å². The van der Waals surface area contributed by atoms with Gasteiger partial charge >= 0.3 is 0 Å². The van der Waals surface area contributed by atoms with Gasteiger partial charge in [-0.15, -0.1) is 0 Å². The summed E-state index contributed by atoms with van der Waals surface area (Å²) in [4.78, 5) is 0.0488. The SMILES string of the molecule is Cc1cc(Cl)ccc1Oc1ccc(S(N)(=O)=O)cc1. The summed E-state index contributed by atoms with van der Waals surface area (Å²) >= 11 is 5.85. The fourth-order valence-corrected chi connectivity index (χ4v) is 2.29. The Kier molecular flexibility index (Phi) is 3.80. The normalized spacial score (nSPS) is 11.3. The smallest absolute Gasteiger partial charge is 0.238 e. The van der Waals surface area contributed by atoms with Crippen molar-refractivity contribution in [3.63, 3.8) is 0 Å². The maximum Gasteiger partial charge on any atom is 0.238 e. The molecule has 0 amide bonds. The van der Waals surface area contributed by atoms with Crippen LogP contribution in [0, 0.1) is 6.92 Å². The zero-order valence-corrected chi connectivity index (χ0v) is 11.7. The first-order valence-electron chi connectivity index (χ1n) is 5.43. The molecule has 0 saturated heterocycles. The molecule has 6 heteroatoms. The number of hydrogen-bond donors (Lipinski definition) is 1. The van der Waals surface area contributed by atoms with E-state index in [1.54, 1.807) is 30.3 Å². The van der Waals surface area contributed by atoms with Gasteiger partial charge in [-0.25, -0.2) is 13.6 Å². The number of benzene rings is 2. The summed E-state index contributed by atoms with van der Waals surface area (Å²) in [5, 5.41) is 5.65. The molecule has 0 fully saturated rings. The third-order valence-corrected chi connectivity index (χ3v) is 3.68. The lowest BCUT2D eigenvalue weighted by Crippen LogP contribution is -2.11. The third kappa shape index (κ3) is 3.47. The predicted molar refractivity (Wildman–Crippen MR) is 74.1 cm³/mol. The molecular weight excluding hydrogens is 286 g/mol. The quantitative estimate of drug-likeness (QED) is 0.946. The Morgan fingerprint density at radius 3 is 2.26 bits per heavy atom. The average Bonchev–Trinajstić information content (AvgIpc) is 2.32. The average molecular weight is 298 g/mol. The summed E-state index contributed by atoms with van der Waals surface area (Å²) in [6.45, 7) is 1.87. The van der Waals surface area contributed by atoms with Crippen LogP contribution in [0.5, 0.6) is 11.5 Å². The van der Waals surface area contributed by atoms with Gasteiger partial charge in [0.1, 0.15) is 11.5 Å². The minimum Gasteiger partial charge on any atom is -0.457 e. The van der Waals surface area contributed by atoms with Crippen molar-refractivity contribution in [2.24, 2.45) is 5.14 Å². The van der Waals surface area contributed by atoms with Gasteiger partial charge in [0, 0.05) is 5.02 Å². The molecule has 2 aromatic carbocycles. The third-order valence-electron chi connectivity index (χ3n) is 2.52. The van der Waals surface area contributed by atoms with E-state index in [0.717, 1.165) is 5.56 Å². The van der Waals surface area contributed by atoms with Gasteiger partial charge in [0.15, 0.2) is 0 Å². The van der Waals surface area contributed by atoms with Crippen LogP contribution in [-0.2, 0) is 10.0 Å². The van der Waals surface area contributed by atoms with E-state index >= 15 is 0 Å². The lowest BCUT2D eigenvalue weighted by Gasteiger charge is -2.09. The first-order valence-corrected chi connectivity index (χ1v) is 7.35. The molecule has 2 aromatic rings. The maximum absolute atomic E-state index is 11.1. The van der Waals surface area contributed by atoms with Gasteiger partial charge in [-0.1, -0.05) is 11.6 Å². The molecule has 100 valence electrons. The number of rotatable bonds is 3. The summed E-state index contributed by atoms with van der Waals surface area (Å²) in [5.41, 5.74) is 0.892. The van der Waals surface area contributed by atoms with E-state index in [9.17, 15) is 8.42 Å². The van der Waals surface area contributed by atoms with Gasteiger partial charge in [0.05, 0.1) is 4.90 Å². The van der Waals surface area contributed by atoms with Gasteiger partial charge in [-0.05, 0) is 55.0 Å². The van der Waals surface area contributed by atoms with Crippen LogP contribution < -0.4 is 9.88 Å². The van der Waals surface area contributed by atoms with Gasteiger partial charge in [0.2, 0.25) is 10.0 Å². The van der Waals surface area contributed by atoms with E-state index in [4.69, 9.17) is 21.5 Å². The Labute approximate surface area is 116 Å². The Morgan fingerprint density at radius 2 is 1.74 bits per heavy atom. The van der Waals surface area contributed by atoms with E-state index in [-0.39, 0.29) is 4.90 Å². The molecule has 19 heavy (non-hydrogen) atoms. The van der Waals surface area contributed by atoms with Crippen LogP contribution in [0.1, 0.15) is 5.56 Å². The molecule has 0 heterocycles. The fraction of sp³-hybridized carbons (Fsp3) is 0.0769. The minimum absolute atomic E-state index is 0.0488. The van der Waals surface area contributed by atoms with E-state index < -0.39 is 10.0 Å². The second-order valence-corrected chi connectivity index (χ2v) is 6.03. The molecule has 0 aliphatic carbocycles. The van der Waals surface area contributed by atoms with Crippen molar-refractivity contribution in [3.05, 3.63) is 53.1 Å². The van der Waals surface area contributed by atoms with Crippen LogP contribution in [0.15, 0.2) is 47.4 Å². The zero-order valence-electron chi connectivity index (χ0n) is 10.1. The van der Waals surface area contributed by atoms with Crippen LogP contribution in [0.3, 0.4) is 0 Å². The number of nitrogens with two attached hydrogens (primary N) is 1. The standard InChI is InChI=1S/C13H12ClNO3S/c1-9-8-10(14)2-7-13(9)18-11-3-5-12(6-4-11)19(15,16)17/h2-8H,1H3,(H2,15,16,17). The highest BCUT2D eigenvalue weighted by Gasteiger charge is 2.08. The maximum atomic E-state index is 11.1. The van der Waals surface area contributed by atoms with E-state index in [1.807, 2.05) is 6.92 Å². The van der Waals surface area contributed by atoms with Gasteiger partial charge in [0.25, 0.3) is 0 Å². The first kappa shape index (κ1) is 13.9. The highest BCUT2D eigenvalue weighted by molar-refractivity contribution is 7.89. The highest BCUT2D eigenvalue weighted by Crippen LogP contribution is 2.27. The lowest BCUT2D eigenvalue weighted by atomic mass is 10.2. The van der Waals surface area contributed by atoms with E-state index in [2.05, 4.69) is 0 Å². The molecule has 0 radical (unpaired) electrons. The molecule has 2 rings (SSSR count). The van der Waals surface area contributed by atoms with Gasteiger partial charge in [-0.2, -0.15) is 0 Å². The molecule has 4 nitrogen and oxygen atoms in total. The van der Waals surface area contributed by atoms with Crippen molar-refractivity contribution in [2.75, 3.05) is 0 Å². The predicted octanol–water partition coefficient (Wildman–Crippen LogP) is 3.09. The number of hydrogen-bond acceptors (Lipinski definition) is 3. The zero-order chi connectivity index (χ0) is 14.0. The van der Waals surface area contributed by atoms with Crippen molar-refractivity contribution >= 4 is 21.6 Å². The van der Waals surface area contributed by atoms with Crippen LogP contribution >= 0.6 is 11.6 Å². The molecular formula is C13H12ClNO3S.